The first kappa shape index (κ1) is 30.4. The van der Waals surface area contributed by atoms with Gasteiger partial charge in [0.25, 0.3) is 0 Å². The molecule has 0 saturated heterocycles. The summed E-state index contributed by atoms with van der Waals surface area (Å²) in [5, 5.41) is 0. The Hall–Kier alpha value is -1.11. The average molecular weight is 521 g/mol. The predicted octanol–water partition coefficient (Wildman–Crippen LogP) is 6.70. The van der Waals surface area contributed by atoms with Crippen molar-refractivity contribution in [3.05, 3.63) is 0 Å². The largest absolute Gasteiger partial charge is 0.375 e. The first-order chi connectivity index (χ1) is 17.8. The van der Waals surface area contributed by atoms with Crippen molar-refractivity contribution in [1.82, 2.24) is 0 Å². The maximum Gasteiger partial charge on any atom is 0.132 e. The second-order valence-electron chi connectivity index (χ2n) is 12.3. The van der Waals surface area contributed by atoms with E-state index >= 15 is 0 Å². The molecule has 4 saturated carbocycles. The molecule has 4 aliphatic rings. The summed E-state index contributed by atoms with van der Waals surface area (Å²) in [4.78, 5) is 36.0. The number of carbonyl (C=O) groups excluding carboxylic acids is 3. The average Bonchev–Trinajstić information content (AvgIpc) is 2.82. The molecule has 4 bridgehead atoms. The molecule has 6 nitrogen and oxygen atoms in total. The molecule has 0 aromatic heterocycles. The molecule has 4 rings (SSSR count). The van der Waals surface area contributed by atoms with Gasteiger partial charge < -0.3 is 14.2 Å². The highest BCUT2D eigenvalue weighted by Gasteiger charge is 2.65. The minimum absolute atomic E-state index is 0.261. The van der Waals surface area contributed by atoms with Crippen molar-refractivity contribution in [2.24, 2.45) is 5.92 Å². The molecule has 0 atom stereocenters. The molecule has 0 unspecified atom stereocenters. The lowest BCUT2D eigenvalue weighted by molar-refractivity contribution is -0.291. The number of ketones is 3. The maximum absolute atomic E-state index is 12.0. The van der Waals surface area contributed by atoms with E-state index in [9.17, 15) is 14.4 Å². The van der Waals surface area contributed by atoms with Crippen molar-refractivity contribution >= 4 is 17.3 Å². The molecule has 4 fully saturated rings. The van der Waals surface area contributed by atoms with E-state index < -0.39 is 0 Å². The summed E-state index contributed by atoms with van der Waals surface area (Å²) >= 11 is 0. The fourth-order valence-corrected chi connectivity index (χ4v) is 7.55. The third kappa shape index (κ3) is 8.96. The van der Waals surface area contributed by atoms with Gasteiger partial charge in [0.2, 0.25) is 0 Å². The summed E-state index contributed by atoms with van der Waals surface area (Å²) in [6, 6.07) is 0. The van der Waals surface area contributed by atoms with E-state index in [-0.39, 0.29) is 16.8 Å². The van der Waals surface area contributed by atoms with Crippen LogP contribution >= 0.6 is 0 Å². The van der Waals surface area contributed by atoms with Crippen molar-refractivity contribution in [2.45, 2.75) is 153 Å². The lowest BCUT2D eigenvalue weighted by Crippen LogP contribution is -2.68. The third-order valence-electron chi connectivity index (χ3n) is 8.53. The van der Waals surface area contributed by atoms with Gasteiger partial charge in [-0.2, -0.15) is 0 Å². The van der Waals surface area contributed by atoms with Crippen LogP contribution in [0.1, 0.15) is 136 Å². The first-order valence-corrected chi connectivity index (χ1v) is 15.2. The summed E-state index contributed by atoms with van der Waals surface area (Å²) in [6.07, 6.45) is 14.5. The molecule has 0 spiro atoms. The topological polar surface area (TPSA) is 78.9 Å². The number of Topliss-reactive ketones (excluding diaryl/α,β-unsaturated/α-hetero) is 3. The van der Waals surface area contributed by atoms with Crippen LogP contribution in [-0.2, 0) is 28.6 Å². The molecule has 0 aromatic carbocycles. The van der Waals surface area contributed by atoms with Gasteiger partial charge in [-0.25, -0.2) is 0 Å². The van der Waals surface area contributed by atoms with Crippen LogP contribution in [0.5, 0.6) is 0 Å². The molecule has 37 heavy (non-hydrogen) atoms. The lowest BCUT2D eigenvalue weighted by atomic mass is 9.50. The molecular weight excluding hydrogens is 468 g/mol. The zero-order valence-corrected chi connectivity index (χ0v) is 23.9. The normalized spacial score (nSPS) is 30.1. The summed E-state index contributed by atoms with van der Waals surface area (Å²) in [5.74, 6) is 1.48. The predicted molar refractivity (Wildman–Crippen MR) is 145 cm³/mol. The van der Waals surface area contributed by atoms with Crippen molar-refractivity contribution in [3.8, 4) is 0 Å². The Balaban J connectivity index is 1.61. The van der Waals surface area contributed by atoms with Crippen molar-refractivity contribution in [3.63, 3.8) is 0 Å². The van der Waals surface area contributed by atoms with Gasteiger partial charge in [0.05, 0.1) is 16.8 Å². The van der Waals surface area contributed by atoms with E-state index in [1.54, 1.807) is 0 Å². The summed E-state index contributed by atoms with van der Waals surface area (Å²) < 4.78 is 20.0. The highest BCUT2D eigenvalue weighted by atomic mass is 16.5. The third-order valence-corrected chi connectivity index (χ3v) is 8.53. The number of rotatable bonds is 21. The number of hydrogen-bond acceptors (Lipinski definition) is 6. The van der Waals surface area contributed by atoms with Crippen LogP contribution in [0.2, 0.25) is 0 Å². The van der Waals surface area contributed by atoms with Crippen LogP contribution in [-0.4, -0.2) is 54.0 Å². The Morgan fingerprint density at radius 2 is 0.838 bits per heavy atom. The smallest absolute Gasteiger partial charge is 0.132 e. The quantitative estimate of drug-likeness (QED) is 0.157. The Bertz CT molecular complexity index is 653. The minimum Gasteiger partial charge on any atom is -0.375 e. The molecule has 0 aliphatic heterocycles. The lowest BCUT2D eigenvalue weighted by Gasteiger charge is -2.65. The van der Waals surface area contributed by atoms with E-state index in [4.69, 9.17) is 14.2 Å². The Morgan fingerprint density at radius 3 is 1.11 bits per heavy atom. The first-order valence-electron chi connectivity index (χ1n) is 15.2. The van der Waals surface area contributed by atoms with Crippen LogP contribution in [0.25, 0.3) is 0 Å². The van der Waals surface area contributed by atoms with Gasteiger partial charge in [-0.3, -0.25) is 14.4 Å². The molecule has 4 aliphatic carbocycles. The standard InChI is InChI=1S/C31H52O6/c1-4-10-26(32)13-7-16-35-29-19-25-20-30(22-29,36-17-8-14-27(33)11-5-2)24-31(21-25,23-29)37-18-9-15-28(34)12-6-3/h25H,4-24H2,1-3H3. The zero-order chi connectivity index (χ0) is 26.8. The Kier molecular flexibility index (Phi) is 11.8. The number of hydrogen-bond donors (Lipinski definition) is 0. The molecule has 6 heteroatoms. The summed E-state index contributed by atoms with van der Waals surface area (Å²) in [5.41, 5.74) is -0.782. The molecular formula is C31H52O6. The molecule has 0 aromatic rings. The minimum atomic E-state index is -0.261. The summed E-state index contributed by atoms with van der Waals surface area (Å²) in [6.45, 7) is 7.94. The molecule has 0 amide bonds. The zero-order valence-electron chi connectivity index (χ0n) is 23.9. The van der Waals surface area contributed by atoms with E-state index in [2.05, 4.69) is 0 Å². The van der Waals surface area contributed by atoms with Gasteiger partial charge >= 0.3 is 0 Å². The van der Waals surface area contributed by atoms with E-state index in [0.717, 1.165) is 77.0 Å². The van der Waals surface area contributed by atoms with E-state index in [1.165, 1.54) is 0 Å². The van der Waals surface area contributed by atoms with E-state index in [1.807, 2.05) is 20.8 Å². The number of ether oxygens (including phenoxy) is 3. The molecule has 0 N–H and O–H groups in total. The van der Waals surface area contributed by atoms with Crippen LogP contribution in [0.3, 0.4) is 0 Å². The van der Waals surface area contributed by atoms with Crippen molar-refractivity contribution in [2.75, 3.05) is 19.8 Å². The van der Waals surface area contributed by atoms with Crippen LogP contribution in [0.15, 0.2) is 0 Å². The summed E-state index contributed by atoms with van der Waals surface area (Å²) in [7, 11) is 0. The van der Waals surface area contributed by atoms with Gasteiger partial charge in [-0.05, 0) is 63.7 Å². The Morgan fingerprint density at radius 1 is 0.541 bits per heavy atom. The molecule has 212 valence electrons. The van der Waals surface area contributed by atoms with Crippen LogP contribution in [0.4, 0.5) is 0 Å². The fourth-order valence-electron chi connectivity index (χ4n) is 7.55. The highest BCUT2D eigenvalue weighted by molar-refractivity contribution is 5.78. The highest BCUT2D eigenvalue weighted by Crippen LogP contribution is 2.63. The van der Waals surface area contributed by atoms with Gasteiger partial charge in [0.1, 0.15) is 17.3 Å². The van der Waals surface area contributed by atoms with Gasteiger partial charge in [-0.15, -0.1) is 0 Å². The number of carbonyl (C=O) groups is 3. The fraction of sp³-hybridized carbons (Fsp3) is 0.903. The second kappa shape index (κ2) is 14.3. The molecule has 0 radical (unpaired) electrons. The van der Waals surface area contributed by atoms with Crippen molar-refractivity contribution in [1.29, 1.82) is 0 Å². The van der Waals surface area contributed by atoms with Gasteiger partial charge in [-0.1, -0.05) is 20.8 Å². The maximum atomic E-state index is 12.0. The van der Waals surface area contributed by atoms with Crippen LogP contribution < -0.4 is 0 Å². The van der Waals surface area contributed by atoms with Gasteiger partial charge in [0, 0.05) is 77.6 Å². The Labute approximate surface area is 224 Å². The van der Waals surface area contributed by atoms with Crippen LogP contribution in [0, 0.1) is 5.92 Å². The van der Waals surface area contributed by atoms with E-state index in [0.29, 0.717) is 81.6 Å². The molecule has 0 heterocycles. The SMILES string of the molecule is CCCC(=O)CCCOC12CC3CC(OCCCC(=O)CCC)(C1)CC(OCCCC(=O)CCC)(C3)C2. The van der Waals surface area contributed by atoms with Crippen molar-refractivity contribution < 1.29 is 28.6 Å². The van der Waals surface area contributed by atoms with Gasteiger partial charge in [0.15, 0.2) is 0 Å². The monoisotopic (exact) mass is 520 g/mol. The second-order valence-corrected chi connectivity index (χ2v) is 12.3.